The number of nitro benzene ring substituents is 1. The SMILES string of the molecule is O=C(C[C@H]1C(=O)Nc2ncnn21)Nc1ccc([N+](=O)[O-])cc1. The molecule has 0 aliphatic carbocycles. The van der Waals surface area contributed by atoms with Gasteiger partial charge in [0.15, 0.2) is 0 Å². The maximum absolute atomic E-state index is 12.0. The summed E-state index contributed by atoms with van der Waals surface area (Å²) in [5.41, 5.74) is 0.341. The largest absolute Gasteiger partial charge is 0.326 e. The molecule has 22 heavy (non-hydrogen) atoms. The Hall–Kier alpha value is -3.30. The van der Waals surface area contributed by atoms with Crippen LogP contribution in [0.5, 0.6) is 0 Å². The molecule has 0 saturated heterocycles. The molecule has 0 bridgehead atoms. The Bertz CT molecular complexity index is 753. The number of nitro groups is 1. The minimum absolute atomic E-state index is 0.0690. The average Bonchev–Trinajstić information content (AvgIpc) is 3.03. The molecule has 2 N–H and O–H groups in total. The fourth-order valence-corrected chi connectivity index (χ4v) is 2.11. The Morgan fingerprint density at radius 1 is 1.41 bits per heavy atom. The molecule has 1 aromatic heterocycles. The first-order valence-corrected chi connectivity index (χ1v) is 6.29. The summed E-state index contributed by atoms with van der Waals surface area (Å²) in [7, 11) is 0. The number of nitrogens with one attached hydrogen (secondary N) is 2. The summed E-state index contributed by atoms with van der Waals surface area (Å²) in [6.07, 6.45) is 1.18. The third kappa shape index (κ3) is 2.49. The van der Waals surface area contributed by atoms with Gasteiger partial charge in [0, 0.05) is 17.8 Å². The predicted octanol–water partition coefficient (Wildman–Crippen LogP) is 0.708. The number of hydrogen-bond donors (Lipinski definition) is 2. The average molecular weight is 302 g/mol. The molecule has 2 amide bonds. The zero-order valence-corrected chi connectivity index (χ0v) is 11.1. The van der Waals surface area contributed by atoms with E-state index in [-0.39, 0.29) is 18.0 Å². The van der Waals surface area contributed by atoms with E-state index in [1.54, 1.807) is 0 Å². The van der Waals surface area contributed by atoms with E-state index >= 15 is 0 Å². The number of anilines is 2. The van der Waals surface area contributed by atoms with Gasteiger partial charge < -0.3 is 5.32 Å². The second-order valence-electron chi connectivity index (χ2n) is 4.59. The molecule has 112 valence electrons. The Morgan fingerprint density at radius 3 is 2.82 bits per heavy atom. The number of aromatic nitrogens is 3. The molecule has 0 spiro atoms. The number of benzene rings is 1. The van der Waals surface area contributed by atoms with E-state index in [4.69, 9.17) is 0 Å². The molecular formula is C12H10N6O4. The van der Waals surface area contributed by atoms with Crippen LogP contribution in [-0.4, -0.2) is 31.5 Å². The number of non-ortho nitro benzene ring substituents is 1. The number of carbonyl (C=O) groups is 2. The van der Waals surface area contributed by atoms with Gasteiger partial charge in [-0.3, -0.25) is 25.0 Å². The third-order valence-electron chi connectivity index (χ3n) is 3.15. The molecule has 1 aromatic carbocycles. The number of fused-ring (bicyclic) bond motifs is 1. The number of hydrogen-bond acceptors (Lipinski definition) is 6. The lowest BCUT2D eigenvalue weighted by molar-refractivity contribution is -0.384. The summed E-state index contributed by atoms with van der Waals surface area (Å²) in [5, 5.41) is 19.5. The zero-order chi connectivity index (χ0) is 15.7. The van der Waals surface area contributed by atoms with Crippen LogP contribution in [0.2, 0.25) is 0 Å². The molecule has 10 nitrogen and oxygen atoms in total. The smallest absolute Gasteiger partial charge is 0.269 e. The number of carbonyl (C=O) groups excluding carboxylic acids is 2. The van der Waals surface area contributed by atoms with Gasteiger partial charge in [0.25, 0.3) is 11.6 Å². The summed E-state index contributed by atoms with van der Waals surface area (Å²) in [6, 6.07) is 4.66. The highest BCUT2D eigenvalue weighted by molar-refractivity contribution is 6.00. The number of amides is 2. The molecule has 1 aliphatic heterocycles. The van der Waals surface area contributed by atoms with Crippen LogP contribution in [0, 0.1) is 10.1 Å². The minimum Gasteiger partial charge on any atom is -0.326 e. The van der Waals surface area contributed by atoms with Crippen molar-refractivity contribution in [3.05, 3.63) is 40.7 Å². The molecular weight excluding hydrogens is 292 g/mol. The maximum atomic E-state index is 12.0. The van der Waals surface area contributed by atoms with Crippen molar-refractivity contribution in [1.82, 2.24) is 14.8 Å². The number of nitrogens with zero attached hydrogens (tertiary/aromatic N) is 4. The van der Waals surface area contributed by atoms with Gasteiger partial charge in [-0.1, -0.05) is 0 Å². The molecule has 2 aromatic rings. The van der Waals surface area contributed by atoms with Gasteiger partial charge >= 0.3 is 0 Å². The topological polar surface area (TPSA) is 132 Å². The summed E-state index contributed by atoms with van der Waals surface area (Å²) in [6.45, 7) is 0. The Balaban J connectivity index is 1.66. The first-order chi connectivity index (χ1) is 10.5. The van der Waals surface area contributed by atoms with E-state index in [9.17, 15) is 19.7 Å². The van der Waals surface area contributed by atoms with Crippen LogP contribution < -0.4 is 10.6 Å². The maximum Gasteiger partial charge on any atom is 0.269 e. The van der Waals surface area contributed by atoms with Gasteiger partial charge in [-0.05, 0) is 12.1 Å². The summed E-state index contributed by atoms with van der Waals surface area (Å²) < 4.78 is 1.34. The first-order valence-electron chi connectivity index (χ1n) is 6.29. The van der Waals surface area contributed by atoms with Gasteiger partial charge in [-0.15, -0.1) is 0 Å². The second-order valence-corrected chi connectivity index (χ2v) is 4.59. The molecule has 0 radical (unpaired) electrons. The molecule has 3 rings (SSSR count). The lowest BCUT2D eigenvalue weighted by Crippen LogP contribution is -2.23. The van der Waals surface area contributed by atoms with Crippen LogP contribution in [0.15, 0.2) is 30.6 Å². The standard InChI is InChI=1S/C12H10N6O4/c19-10(15-7-1-3-8(4-2-7)18(21)22)5-9-11(20)16-12-13-6-14-17(9)12/h1-4,6,9H,5H2,(H,15,19)(H,13,14,16,20)/t9-/m0/s1. The van der Waals surface area contributed by atoms with Crippen LogP contribution in [0.3, 0.4) is 0 Å². The van der Waals surface area contributed by atoms with Crippen LogP contribution in [0.4, 0.5) is 17.3 Å². The van der Waals surface area contributed by atoms with E-state index < -0.39 is 16.9 Å². The van der Waals surface area contributed by atoms with Crippen molar-refractivity contribution in [3.63, 3.8) is 0 Å². The summed E-state index contributed by atoms with van der Waals surface area (Å²) >= 11 is 0. The van der Waals surface area contributed by atoms with Gasteiger partial charge in [-0.25, -0.2) is 4.68 Å². The lowest BCUT2D eigenvalue weighted by atomic mass is 10.2. The van der Waals surface area contributed by atoms with Crippen molar-refractivity contribution < 1.29 is 14.5 Å². The van der Waals surface area contributed by atoms with Crippen molar-refractivity contribution in [2.24, 2.45) is 0 Å². The minimum atomic E-state index is -0.754. The van der Waals surface area contributed by atoms with E-state index in [1.807, 2.05) is 0 Å². The Labute approximate surface area is 123 Å². The molecule has 0 unspecified atom stereocenters. The second kappa shape index (κ2) is 5.24. The molecule has 10 heteroatoms. The van der Waals surface area contributed by atoms with Gasteiger partial charge in [0.05, 0.1) is 11.3 Å². The van der Waals surface area contributed by atoms with Gasteiger partial charge in [-0.2, -0.15) is 10.1 Å². The van der Waals surface area contributed by atoms with Crippen molar-refractivity contribution in [1.29, 1.82) is 0 Å². The fraction of sp³-hybridized carbons (Fsp3) is 0.167. The monoisotopic (exact) mass is 302 g/mol. The highest BCUT2D eigenvalue weighted by Gasteiger charge is 2.33. The fourth-order valence-electron chi connectivity index (χ4n) is 2.11. The predicted molar refractivity (Wildman–Crippen MR) is 74.0 cm³/mol. The zero-order valence-electron chi connectivity index (χ0n) is 11.1. The van der Waals surface area contributed by atoms with E-state index in [0.29, 0.717) is 11.6 Å². The summed E-state index contributed by atoms with van der Waals surface area (Å²) in [5.74, 6) is -0.454. The molecule has 1 atom stereocenters. The van der Waals surface area contributed by atoms with Crippen molar-refractivity contribution in [3.8, 4) is 0 Å². The van der Waals surface area contributed by atoms with Crippen LogP contribution in [-0.2, 0) is 9.59 Å². The number of rotatable bonds is 4. The van der Waals surface area contributed by atoms with Crippen LogP contribution in [0.1, 0.15) is 12.5 Å². The van der Waals surface area contributed by atoms with E-state index in [0.717, 1.165) is 0 Å². The molecule has 2 heterocycles. The first kappa shape index (κ1) is 13.7. The highest BCUT2D eigenvalue weighted by Crippen LogP contribution is 2.24. The van der Waals surface area contributed by atoms with Crippen molar-refractivity contribution >= 4 is 29.1 Å². The highest BCUT2D eigenvalue weighted by atomic mass is 16.6. The molecule has 0 fully saturated rings. The van der Waals surface area contributed by atoms with Crippen LogP contribution >= 0.6 is 0 Å². The Morgan fingerprint density at radius 2 is 2.14 bits per heavy atom. The van der Waals surface area contributed by atoms with Crippen molar-refractivity contribution in [2.45, 2.75) is 12.5 Å². The molecule has 1 aliphatic rings. The molecule has 0 saturated carbocycles. The van der Waals surface area contributed by atoms with Crippen molar-refractivity contribution in [2.75, 3.05) is 10.6 Å². The quantitative estimate of drug-likeness (QED) is 0.631. The summed E-state index contributed by atoms with van der Waals surface area (Å²) in [4.78, 5) is 37.6. The normalized spacial score (nSPS) is 16.0. The van der Waals surface area contributed by atoms with Gasteiger partial charge in [0.1, 0.15) is 12.4 Å². The lowest BCUT2D eigenvalue weighted by Gasteiger charge is -2.09. The van der Waals surface area contributed by atoms with E-state index in [1.165, 1.54) is 35.3 Å². The Kier molecular flexibility index (Phi) is 3.26. The van der Waals surface area contributed by atoms with Crippen LogP contribution in [0.25, 0.3) is 0 Å². The van der Waals surface area contributed by atoms with E-state index in [2.05, 4.69) is 20.7 Å². The van der Waals surface area contributed by atoms with Gasteiger partial charge in [0.2, 0.25) is 11.9 Å². The third-order valence-corrected chi connectivity index (χ3v) is 3.15.